The molecule has 0 fully saturated rings. The summed E-state index contributed by atoms with van der Waals surface area (Å²) in [6.45, 7) is 0.459. The van der Waals surface area contributed by atoms with Gasteiger partial charge in [0.15, 0.2) is 5.75 Å². The van der Waals surface area contributed by atoms with Crippen molar-refractivity contribution < 1.29 is 9.66 Å². The minimum atomic E-state index is -0.482. The SMILES string of the molecule is COc1ccc(NCc2ncc(Cl)s2)cc1[N+](=O)[O-]. The lowest BCUT2D eigenvalue weighted by Gasteiger charge is -2.06. The summed E-state index contributed by atoms with van der Waals surface area (Å²) in [5, 5.41) is 14.7. The quantitative estimate of drug-likeness (QED) is 0.677. The van der Waals surface area contributed by atoms with Gasteiger partial charge in [-0.05, 0) is 12.1 Å². The average Bonchev–Trinajstić information content (AvgIpc) is 2.81. The zero-order valence-electron chi connectivity index (χ0n) is 9.92. The molecule has 0 atom stereocenters. The van der Waals surface area contributed by atoms with E-state index in [1.165, 1.54) is 24.5 Å². The lowest BCUT2D eigenvalue weighted by Crippen LogP contribution is -2.00. The number of hydrogen-bond acceptors (Lipinski definition) is 6. The number of nitrogens with one attached hydrogen (secondary N) is 1. The zero-order valence-corrected chi connectivity index (χ0v) is 11.5. The highest BCUT2D eigenvalue weighted by molar-refractivity contribution is 7.15. The first-order chi connectivity index (χ1) is 9.10. The molecule has 1 heterocycles. The second-order valence-electron chi connectivity index (χ2n) is 3.56. The van der Waals surface area contributed by atoms with E-state index in [-0.39, 0.29) is 11.4 Å². The van der Waals surface area contributed by atoms with E-state index in [0.29, 0.717) is 16.6 Å². The fourth-order valence-corrected chi connectivity index (χ4v) is 2.39. The van der Waals surface area contributed by atoms with Crippen LogP contribution in [0.3, 0.4) is 0 Å². The number of halogens is 1. The summed E-state index contributed by atoms with van der Waals surface area (Å²) in [7, 11) is 1.40. The molecule has 1 aromatic carbocycles. The normalized spacial score (nSPS) is 10.2. The Balaban J connectivity index is 2.12. The van der Waals surface area contributed by atoms with Crippen molar-refractivity contribution in [1.29, 1.82) is 0 Å². The monoisotopic (exact) mass is 299 g/mol. The van der Waals surface area contributed by atoms with Gasteiger partial charge in [0, 0.05) is 11.8 Å². The molecule has 2 rings (SSSR count). The molecule has 0 amide bonds. The van der Waals surface area contributed by atoms with Crippen LogP contribution in [0, 0.1) is 10.1 Å². The van der Waals surface area contributed by atoms with Crippen molar-refractivity contribution in [3.63, 3.8) is 0 Å². The highest BCUT2D eigenvalue weighted by Crippen LogP contribution is 2.30. The topological polar surface area (TPSA) is 77.3 Å². The molecule has 0 spiro atoms. The van der Waals surface area contributed by atoms with Crippen molar-refractivity contribution in [2.75, 3.05) is 12.4 Å². The number of nitro benzene ring substituents is 1. The van der Waals surface area contributed by atoms with Crippen LogP contribution < -0.4 is 10.1 Å². The Morgan fingerprint density at radius 2 is 2.37 bits per heavy atom. The molecule has 19 heavy (non-hydrogen) atoms. The Bertz CT molecular complexity index is 603. The van der Waals surface area contributed by atoms with Crippen molar-refractivity contribution in [2.24, 2.45) is 0 Å². The third-order valence-electron chi connectivity index (χ3n) is 2.34. The molecule has 8 heteroatoms. The molecule has 0 unspecified atom stereocenters. The largest absolute Gasteiger partial charge is 0.490 e. The molecule has 100 valence electrons. The lowest BCUT2D eigenvalue weighted by molar-refractivity contribution is -0.385. The van der Waals surface area contributed by atoms with Gasteiger partial charge in [-0.25, -0.2) is 4.98 Å². The van der Waals surface area contributed by atoms with Gasteiger partial charge in [-0.15, -0.1) is 11.3 Å². The molecule has 0 saturated carbocycles. The van der Waals surface area contributed by atoms with Crippen molar-refractivity contribution in [1.82, 2.24) is 4.98 Å². The van der Waals surface area contributed by atoms with Gasteiger partial charge in [-0.2, -0.15) is 0 Å². The minimum absolute atomic E-state index is 0.0790. The predicted octanol–water partition coefficient (Wildman–Crippen LogP) is 3.33. The highest BCUT2D eigenvalue weighted by atomic mass is 35.5. The Morgan fingerprint density at radius 3 is 2.95 bits per heavy atom. The molecular formula is C11H10ClN3O3S. The molecule has 0 aliphatic rings. The number of anilines is 1. The smallest absolute Gasteiger partial charge is 0.312 e. The first-order valence-electron chi connectivity index (χ1n) is 5.26. The standard InChI is InChI=1S/C11H10ClN3O3S/c1-18-9-3-2-7(4-8(9)15(16)17)13-6-11-14-5-10(12)19-11/h2-5,13H,6H2,1H3. The summed E-state index contributed by atoms with van der Waals surface area (Å²) in [6.07, 6.45) is 1.57. The molecular weight excluding hydrogens is 290 g/mol. The molecule has 0 saturated heterocycles. The molecule has 0 bridgehead atoms. The summed E-state index contributed by atoms with van der Waals surface area (Å²) < 4.78 is 5.54. The number of nitro groups is 1. The molecule has 6 nitrogen and oxygen atoms in total. The molecule has 1 aromatic heterocycles. The molecule has 2 aromatic rings. The predicted molar refractivity (Wildman–Crippen MR) is 74.1 cm³/mol. The van der Waals surface area contributed by atoms with Gasteiger partial charge < -0.3 is 10.1 Å². The van der Waals surface area contributed by atoms with Crippen molar-refractivity contribution >= 4 is 34.3 Å². The molecule has 0 radical (unpaired) electrons. The van der Waals surface area contributed by atoms with Gasteiger partial charge in [-0.3, -0.25) is 10.1 Å². The first kappa shape index (κ1) is 13.6. The number of hydrogen-bond donors (Lipinski definition) is 1. The van der Waals surface area contributed by atoms with Crippen molar-refractivity contribution in [2.45, 2.75) is 6.54 Å². The summed E-state index contributed by atoms with van der Waals surface area (Å²) in [6, 6.07) is 4.68. The fraction of sp³-hybridized carbons (Fsp3) is 0.182. The Morgan fingerprint density at radius 1 is 1.58 bits per heavy atom. The third kappa shape index (κ3) is 3.33. The lowest BCUT2D eigenvalue weighted by atomic mass is 10.2. The third-order valence-corrected chi connectivity index (χ3v) is 3.46. The van der Waals surface area contributed by atoms with Gasteiger partial charge in [0.05, 0.1) is 24.8 Å². The number of benzene rings is 1. The minimum Gasteiger partial charge on any atom is -0.490 e. The number of nitrogens with zero attached hydrogens (tertiary/aromatic N) is 2. The van der Waals surface area contributed by atoms with Gasteiger partial charge in [0.2, 0.25) is 0 Å². The van der Waals surface area contributed by atoms with Crippen LogP contribution in [0.5, 0.6) is 5.75 Å². The van der Waals surface area contributed by atoms with Gasteiger partial charge >= 0.3 is 5.69 Å². The van der Waals surface area contributed by atoms with E-state index in [1.54, 1.807) is 18.3 Å². The Hall–Kier alpha value is -1.86. The Kier molecular flexibility index (Phi) is 4.18. The summed E-state index contributed by atoms with van der Waals surface area (Å²) in [4.78, 5) is 14.5. The number of aromatic nitrogens is 1. The number of thiazole rings is 1. The maximum Gasteiger partial charge on any atom is 0.312 e. The van der Waals surface area contributed by atoms with Gasteiger partial charge in [0.25, 0.3) is 0 Å². The van der Waals surface area contributed by atoms with Crippen LogP contribution in [-0.2, 0) is 6.54 Å². The second kappa shape index (κ2) is 5.85. The van der Waals surface area contributed by atoms with Crippen molar-refractivity contribution in [3.8, 4) is 5.75 Å². The number of rotatable bonds is 5. The van der Waals surface area contributed by atoms with Gasteiger partial charge in [-0.1, -0.05) is 11.6 Å². The second-order valence-corrected chi connectivity index (χ2v) is 5.30. The van der Waals surface area contributed by atoms with E-state index in [4.69, 9.17) is 16.3 Å². The van der Waals surface area contributed by atoms with E-state index in [2.05, 4.69) is 10.3 Å². The van der Waals surface area contributed by atoms with E-state index >= 15 is 0 Å². The summed E-state index contributed by atoms with van der Waals surface area (Å²) >= 11 is 7.13. The van der Waals surface area contributed by atoms with Crippen LogP contribution in [0.4, 0.5) is 11.4 Å². The van der Waals surface area contributed by atoms with Crippen LogP contribution >= 0.6 is 22.9 Å². The molecule has 1 N–H and O–H groups in total. The summed E-state index contributed by atoms with van der Waals surface area (Å²) in [5.41, 5.74) is 0.545. The van der Waals surface area contributed by atoms with Crippen LogP contribution in [0.1, 0.15) is 5.01 Å². The maximum atomic E-state index is 10.9. The fourth-order valence-electron chi connectivity index (χ4n) is 1.49. The van der Waals surface area contributed by atoms with Crippen LogP contribution in [0.15, 0.2) is 24.4 Å². The number of methoxy groups -OCH3 is 1. The van der Waals surface area contributed by atoms with E-state index in [1.807, 2.05) is 0 Å². The van der Waals surface area contributed by atoms with Crippen LogP contribution in [0.2, 0.25) is 4.34 Å². The van der Waals surface area contributed by atoms with E-state index < -0.39 is 4.92 Å². The van der Waals surface area contributed by atoms with E-state index in [9.17, 15) is 10.1 Å². The maximum absolute atomic E-state index is 10.9. The molecule has 0 aliphatic heterocycles. The molecule has 0 aliphatic carbocycles. The zero-order chi connectivity index (χ0) is 13.8. The van der Waals surface area contributed by atoms with E-state index in [0.717, 1.165) is 5.01 Å². The Labute approximate surface area is 118 Å². The van der Waals surface area contributed by atoms with Crippen molar-refractivity contribution in [3.05, 3.63) is 43.9 Å². The van der Waals surface area contributed by atoms with Crippen LogP contribution in [-0.4, -0.2) is 17.0 Å². The average molecular weight is 300 g/mol. The summed E-state index contributed by atoms with van der Waals surface area (Å²) in [5.74, 6) is 0.229. The van der Waals surface area contributed by atoms with Crippen LogP contribution in [0.25, 0.3) is 0 Å². The van der Waals surface area contributed by atoms with Gasteiger partial charge in [0.1, 0.15) is 9.34 Å². The highest BCUT2D eigenvalue weighted by Gasteiger charge is 2.15. The first-order valence-corrected chi connectivity index (χ1v) is 6.46. The number of ether oxygens (including phenoxy) is 1.